The molecule has 0 heterocycles. The van der Waals surface area contributed by atoms with Gasteiger partial charge in [0, 0.05) is 10.0 Å². The number of carbonyl (C=O) groups excluding carboxylic acids is 2. The van der Waals surface area contributed by atoms with E-state index in [1.807, 2.05) is 19.1 Å². The molecule has 2 aromatic carbocycles. The molecule has 0 N–H and O–H groups in total. The van der Waals surface area contributed by atoms with Crippen LogP contribution in [-0.4, -0.2) is 18.4 Å². The van der Waals surface area contributed by atoms with Gasteiger partial charge >= 0.3 is 5.97 Å². The third-order valence-electron chi connectivity index (χ3n) is 3.17. The third-order valence-corrected chi connectivity index (χ3v) is 3.66. The van der Waals surface area contributed by atoms with E-state index in [0.29, 0.717) is 10.0 Å². The molecule has 0 unspecified atom stereocenters. The van der Waals surface area contributed by atoms with Gasteiger partial charge in [-0.25, -0.2) is 9.18 Å². The molecule has 2 rings (SSSR count). The Kier molecular flexibility index (Phi) is 5.44. The molecule has 0 fully saturated rings. The number of halogens is 2. The number of carbonyl (C=O) groups is 2. The number of benzene rings is 2. The summed E-state index contributed by atoms with van der Waals surface area (Å²) in [7, 11) is 0. The number of ketones is 1. The van der Waals surface area contributed by atoms with Gasteiger partial charge in [-0.15, -0.1) is 0 Å². The van der Waals surface area contributed by atoms with Gasteiger partial charge in [-0.2, -0.15) is 0 Å². The summed E-state index contributed by atoms with van der Waals surface area (Å²) in [6.45, 7) is 1.60. The molecular weight excluding hydrogens is 351 g/mol. The molecule has 2 aromatic rings. The van der Waals surface area contributed by atoms with Crippen molar-refractivity contribution in [2.75, 3.05) is 6.61 Å². The van der Waals surface area contributed by atoms with Crippen LogP contribution >= 0.6 is 15.9 Å². The van der Waals surface area contributed by atoms with E-state index in [4.69, 9.17) is 4.74 Å². The molecule has 5 heteroatoms. The topological polar surface area (TPSA) is 43.4 Å². The lowest BCUT2D eigenvalue weighted by Crippen LogP contribution is -2.15. The highest BCUT2D eigenvalue weighted by Gasteiger charge is 2.16. The Morgan fingerprint density at radius 3 is 2.45 bits per heavy atom. The average Bonchev–Trinajstić information content (AvgIpc) is 2.54. The molecule has 0 aliphatic rings. The Bertz CT molecular complexity index is 696. The summed E-state index contributed by atoms with van der Waals surface area (Å²) in [5.74, 6) is -1.88. The lowest BCUT2D eigenvalue weighted by molar-refractivity contribution is 0.0470. The molecule has 0 amide bonds. The smallest absolute Gasteiger partial charge is 0.341 e. The number of hydrogen-bond acceptors (Lipinski definition) is 3. The summed E-state index contributed by atoms with van der Waals surface area (Å²) in [5.41, 5.74) is 1.37. The first kappa shape index (κ1) is 16.4. The van der Waals surface area contributed by atoms with Crippen molar-refractivity contribution in [2.24, 2.45) is 0 Å². The van der Waals surface area contributed by atoms with Crippen LogP contribution in [0.1, 0.15) is 33.2 Å². The second-order valence-electron chi connectivity index (χ2n) is 4.67. The Balaban J connectivity index is 2.00. The molecule has 22 heavy (non-hydrogen) atoms. The minimum atomic E-state index is -0.864. The minimum absolute atomic E-state index is 0.205. The Hall–Kier alpha value is -2.01. The average molecular weight is 365 g/mol. The fourth-order valence-electron chi connectivity index (χ4n) is 1.87. The fraction of sp³-hybridized carbons (Fsp3) is 0.176. The summed E-state index contributed by atoms with van der Waals surface area (Å²) in [6, 6.07) is 11.0. The van der Waals surface area contributed by atoms with E-state index in [0.717, 1.165) is 18.1 Å². The number of esters is 1. The van der Waals surface area contributed by atoms with Crippen LogP contribution in [0.3, 0.4) is 0 Å². The van der Waals surface area contributed by atoms with Crippen LogP contribution in [0, 0.1) is 5.82 Å². The SMILES string of the molecule is CCc1ccc(C(=O)COC(=O)c2cc(Br)ccc2F)cc1. The van der Waals surface area contributed by atoms with Gasteiger partial charge in [0.1, 0.15) is 5.82 Å². The second-order valence-corrected chi connectivity index (χ2v) is 5.59. The van der Waals surface area contributed by atoms with E-state index >= 15 is 0 Å². The van der Waals surface area contributed by atoms with Crippen molar-refractivity contribution in [3.63, 3.8) is 0 Å². The van der Waals surface area contributed by atoms with Crippen LogP contribution in [0.5, 0.6) is 0 Å². The van der Waals surface area contributed by atoms with E-state index < -0.39 is 18.4 Å². The van der Waals surface area contributed by atoms with Crippen LogP contribution in [-0.2, 0) is 11.2 Å². The van der Waals surface area contributed by atoms with Crippen molar-refractivity contribution in [1.29, 1.82) is 0 Å². The molecular formula is C17H14BrFO3. The Morgan fingerprint density at radius 2 is 1.82 bits per heavy atom. The van der Waals surface area contributed by atoms with E-state index in [9.17, 15) is 14.0 Å². The molecule has 0 spiro atoms. The molecule has 0 aliphatic carbocycles. The van der Waals surface area contributed by atoms with Crippen LogP contribution in [0.15, 0.2) is 46.9 Å². The summed E-state index contributed by atoms with van der Waals surface area (Å²) < 4.78 is 19.0. The normalized spacial score (nSPS) is 10.3. The van der Waals surface area contributed by atoms with Gasteiger partial charge < -0.3 is 4.74 Å². The molecule has 114 valence electrons. The van der Waals surface area contributed by atoms with Gasteiger partial charge in [0.15, 0.2) is 12.4 Å². The maximum Gasteiger partial charge on any atom is 0.341 e. The standard InChI is InChI=1S/C17H14BrFO3/c1-2-11-3-5-12(6-4-11)16(20)10-22-17(21)14-9-13(18)7-8-15(14)19/h3-9H,2,10H2,1H3. The lowest BCUT2D eigenvalue weighted by atomic mass is 10.1. The number of rotatable bonds is 5. The van der Waals surface area contributed by atoms with Gasteiger partial charge in [0.05, 0.1) is 5.56 Å². The van der Waals surface area contributed by atoms with Crippen molar-refractivity contribution in [2.45, 2.75) is 13.3 Å². The summed E-state index contributed by atoms with van der Waals surface area (Å²) in [4.78, 5) is 23.8. The van der Waals surface area contributed by atoms with E-state index in [2.05, 4.69) is 15.9 Å². The fourth-order valence-corrected chi connectivity index (χ4v) is 2.23. The van der Waals surface area contributed by atoms with Gasteiger partial charge in [0.25, 0.3) is 0 Å². The molecule has 0 bridgehead atoms. The third kappa shape index (κ3) is 4.01. The highest BCUT2D eigenvalue weighted by atomic mass is 79.9. The van der Waals surface area contributed by atoms with E-state index in [1.54, 1.807) is 12.1 Å². The number of ether oxygens (including phenoxy) is 1. The molecule has 0 atom stereocenters. The van der Waals surface area contributed by atoms with Crippen LogP contribution in [0.25, 0.3) is 0 Å². The molecule has 0 radical (unpaired) electrons. The predicted molar refractivity (Wildman–Crippen MR) is 84.5 cm³/mol. The number of Topliss-reactive ketones (excluding diaryl/α,β-unsaturated/α-hetero) is 1. The maximum atomic E-state index is 13.5. The largest absolute Gasteiger partial charge is 0.454 e. The zero-order chi connectivity index (χ0) is 16.1. The number of aryl methyl sites for hydroxylation is 1. The van der Waals surface area contributed by atoms with E-state index in [1.165, 1.54) is 12.1 Å². The van der Waals surface area contributed by atoms with Crippen LogP contribution < -0.4 is 0 Å². The zero-order valence-electron chi connectivity index (χ0n) is 11.9. The molecule has 0 aromatic heterocycles. The summed E-state index contributed by atoms with van der Waals surface area (Å²) in [6.07, 6.45) is 0.881. The predicted octanol–water partition coefficient (Wildman–Crippen LogP) is 4.19. The zero-order valence-corrected chi connectivity index (χ0v) is 13.5. The number of hydrogen-bond donors (Lipinski definition) is 0. The minimum Gasteiger partial charge on any atom is -0.454 e. The van der Waals surface area contributed by atoms with Crippen molar-refractivity contribution in [3.05, 3.63) is 69.4 Å². The van der Waals surface area contributed by atoms with E-state index in [-0.39, 0.29) is 11.3 Å². The highest BCUT2D eigenvalue weighted by Crippen LogP contribution is 2.16. The van der Waals surface area contributed by atoms with Crippen molar-refractivity contribution in [3.8, 4) is 0 Å². The molecule has 3 nitrogen and oxygen atoms in total. The first-order valence-electron chi connectivity index (χ1n) is 6.75. The maximum absolute atomic E-state index is 13.5. The van der Waals surface area contributed by atoms with Gasteiger partial charge in [-0.05, 0) is 30.2 Å². The summed E-state index contributed by atoms with van der Waals surface area (Å²) in [5, 5.41) is 0. The first-order chi connectivity index (χ1) is 10.5. The van der Waals surface area contributed by atoms with Crippen molar-refractivity contribution < 1.29 is 18.7 Å². The molecule has 0 saturated carbocycles. The van der Waals surface area contributed by atoms with Crippen molar-refractivity contribution in [1.82, 2.24) is 0 Å². The monoisotopic (exact) mass is 364 g/mol. The lowest BCUT2D eigenvalue weighted by Gasteiger charge is -2.06. The summed E-state index contributed by atoms with van der Waals surface area (Å²) >= 11 is 3.15. The second kappa shape index (κ2) is 7.31. The van der Waals surface area contributed by atoms with Gasteiger partial charge in [-0.1, -0.05) is 47.1 Å². The van der Waals surface area contributed by atoms with Crippen molar-refractivity contribution >= 4 is 27.7 Å². The van der Waals surface area contributed by atoms with Gasteiger partial charge in [0.2, 0.25) is 0 Å². The van der Waals surface area contributed by atoms with Crippen LogP contribution in [0.2, 0.25) is 0 Å². The molecule has 0 saturated heterocycles. The molecule has 0 aliphatic heterocycles. The quantitative estimate of drug-likeness (QED) is 0.590. The Morgan fingerprint density at radius 1 is 1.14 bits per heavy atom. The van der Waals surface area contributed by atoms with Crippen LogP contribution in [0.4, 0.5) is 4.39 Å². The van der Waals surface area contributed by atoms with Gasteiger partial charge in [-0.3, -0.25) is 4.79 Å². The highest BCUT2D eigenvalue weighted by molar-refractivity contribution is 9.10. The Labute approximate surface area is 136 Å². The first-order valence-corrected chi connectivity index (χ1v) is 7.55.